The lowest BCUT2D eigenvalue weighted by atomic mass is 10.2. The first-order valence-electron chi connectivity index (χ1n) is 7.90. The normalized spacial score (nSPS) is 10.5. The van der Waals surface area contributed by atoms with E-state index < -0.39 is 0 Å². The van der Waals surface area contributed by atoms with Crippen LogP contribution in [0, 0.1) is 0 Å². The molecule has 122 valence electrons. The summed E-state index contributed by atoms with van der Waals surface area (Å²) >= 11 is 5.55. The number of rotatable bonds is 6. The average Bonchev–Trinajstić information content (AvgIpc) is 3.11. The van der Waals surface area contributed by atoms with E-state index in [1.807, 2.05) is 55.6 Å². The highest BCUT2D eigenvalue weighted by atomic mass is 32.1. The summed E-state index contributed by atoms with van der Waals surface area (Å²) in [6.07, 6.45) is 2.51. The van der Waals surface area contributed by atoms with Crippen molar-refractivity contribution in [3.63, 3.8) is 0 Å². The molecule has 1 heterocycles. The number of tetrazole rings is 1. The first kappa shape index (κ1) is 16.3. The Morgan fingerprint density at radius 3 is 2.42 bits per heavy atom. The molecule has 0 aliphatic rings. The Morgan fingerprint density at radius 1 is 1.04 bits per heavy atom. The molecule has 0 radical (unpaired) electrons. The van der Waals surface area contributed by atoms with Crippen LogP contribution in [-0.2, 0) is 6.42 Å². The highest BCUT2D eigenvalue weighted by Crippen LogP contribution is 2.15. The van der Waals surface area contributed by atoms with Crippen molar-refractivity contribution in [2.75, 3.05) is 11.9 Å². The monoisotopic (exact) mass is 337 g/mol. The van der Waals surface area contributed by atoms with Crippen LogP contribution in [0.3, 0.4) is 0 Å². The third-order valence-corrected chi connectivity index (χ3v) is 4.32. The Bertz CT molecular complexity index is 785. The lowest BCUT2D eigenvalue weighted by molar-refractivity contribution is 0.733. The van der Waals surface area contributed by atoms with Crippen LogP contribution in [0.1, 0.15) is 18.7 Å². The van der Waals surface area contributed by atoms with E-state index in [0.29, 0.717) is 0 Å². The van der Waals surface area contributed by atoms with Crippen LogP contribution in [0.25, 0.3) is 5.69 Å². The number of aryl methyl sites for hydroxylation is 1. The number of benzene rings is 2. The molecule has 0 amide bonds. The van der Waals surface area contributed by atoms with Crippen molar-refractivity contribution in [2.45, 2.75) is 19.3 Å². The molecule has 0 N–H and O–H groups in total. The Hall–Kier alpha value is -2.60. The standard InChI is InChI=1S/C18H19N5S/c1-22(15-9-4-2-5-10-15)18(24)14-8-13-17-19-20-21-23(17)16-11-6-3-7-12-16/h2-7,9-12H,8,13-14H2,1H3. The molecule has 3 rings (SSSR count). The van der Waals surface area contributed by atoms with E-state index in [2.05, 4.69) is 32.6 Å². The molecule has 24 heavy (non-hydrogen) atoms. The van der Waals surface area contributed by atoms with E-state index in [4.69, 9.17) is 12.2 Å². The van der Waals surface area contributed by atoms with Crippen LogP contribution < -0.4 is 4.90 Å². The summed E-state index contributed by atoms with van der Waals surface area (Å²) in [6, 6.07) is 20.1. The Labute approximate surface area is 146 Å². The molecule has 2 aromatic carbocycles. The Balaban J connectivity index is 1.58. The summed E-state index contributed by atoms with van der Waals surface area (Å²) in [4.78, 5) is 2.97. The molecule has 0 bridgehead atoms. The molecule has 5 nitrogen and oxygen atoms in total. The summed E-state index contributed by atoms with van der Waals surface area (Å²) in [5.74, 6) is 0.853. The van der Waals surface area contributed by atoms with Crippen molar-refractivity contribution in [3.8, 4) is 5.69 Å². The van der Waals surface area contributed by atoms with Crippen molar-refractivity contribution >= 4 is 22.9 Å². The molecular formula is C18H19N5S. The van der Waals surface area contributed by atoms with Gasteiger partial charge in [0.25, 0.3) is 0 Å². The van der Waals surface area contributed by atoms with Crippen LogP contribution >= 0.6 is 12.2 Å². The third kappa shape index (κ3) is 3.83. The number of hydrogen-bond donors (Lipinski definition) is 0. The summed E-state index contributed by atoms with van der Waals surface area (Å²) in [6.45, 7) is 0. The number of anilines is 1. The maximum Gasteiger partial charge on any atom is 0.156 e. The number of nitrogens with zero attached hydrogens (tertiary/aromatic N) is 5. The summed E-state index contributed by atoms with van der Waals surface area (Å²) in [7, 11) is 2.01. The van der Waals surface area contributed by atoms with Crippen molar-refractivity contribution < 1.29 is 0 Å². The van der Waals surface area contributed by atoms with Crippen molar-refractivity contribution in [1.29, 1.82) is 0 Å². The van der Waals surface area contributed by atoms with Gasteiger partial charge in [0.05, 0.1) is 10.7 Å². The molecule has 0 aliphatic heterocycles. The summed E-state index contributed by atoms with van der Waals surface area (Å²) in [5, 5.41) is 12.0. The van der Waals surface area contributed by atoms with Gasteiger partial charge in [0.15, 0.2) is 5.82 Å². The second kappa shape index (κ2) is 7.79. The lowest BCUT2D eigenvalue weighted by Crippen LogP contribution is -2.24. The summed E-state index contributed by atoms with van der Waals surface area (Å²) < 4.78 is 1.78. The highest BCUT2D eigenvalue weighted by molar-refractivity contribution is 7.80. The van der Waals surface area contributed by atoms with Gasteiger partial charge in [0.1, 0.15) is 0 Å². The van der Waals surface area contributed by atoms with Gasteiger partial charge in [-0.3, -0.25) is 0 Å². The predicted octanol–water partition coefficient (Wildman–Crippen LogP) is 3.45. The highest BCUT2D eigenvalue weighted by Gasteiger charge is 2.10. The largest absolute Gasteiger partial charge is 0.339 e. The van der Waals surface area contributed by atoms with E-state index in [1.54, 1.807) is 4.68 Å². The van der Waals surface area contributed by atoms with Gasteiger partial charge in [0, 0.05) is 19.2 Å². The zero-order chi connectivity index (χ0) is 16.8. The number of aromatic nitrogens is 4. The van der Waals surface area contributed by atoms with Crippen LogP contribution in [0.4, 0.5) is 5.69 Å². The first-order valence-corrected chi connectivity index (χ1v) is 8.31. The van der Waals surface area contributed by atoms with E-state index in [1.165, 1.54) is 0 Å². The Kier molecular flexibility index (Phi) is 5.28. The van der Waals surface area contributed by atoms with Gasteiger partial charge in [-0.2, -0.15) is 4.68 Å². The number of para-hydroxylation sites is 2. The Morgan fingerprint density at radius 2 is 1.71 bits per heavy atom. The lowest BCUT2D eigenvalue weighted by Gasteiger charge is -2.20. The van der Waals surface area contributed by atoms with Crippen molar-refractivity contribution in [3.05, 3.63) is 66.5 Å². The van der Waals surface area contributed by atoms with Gasteiger partial charge in [-0.1, -0.05) is 48.6 Å². The van der Waals surface area contributed by atoms with E-state index >= 15 is 0 Å². The minimum atomic E-state index is 0.782. The third-order valence-electron chi connectivity index (χ3n) is 3.84. The van der Waals surface area contributed by atoms with E-state index in [0.717, 1.165) is 41.5 Å². The zero-order valence-electron chi connectivity index (χ0n) is 13.5. The molecule has 0 saturated carbocycles. The zero-order valence-corrected chi connectivity index (χ0v) is 14.4. The van der Waals surface area contributed by atoms with Gasteiger partial charge in [-0.15, -0.1) is 5.10 Å². The summed E-state index contributed by atoms with van der Waals surface area (Å²) in [5.41, 5.74) is 2.08. The molecule has 0 saturated heterocycles. The predicted molar refractivity (Wildman–Crippen MR) is 99.5 cm³/mol. The van der Waals surface area contributed by atoms with Crippen LogP contribution in [0.5, 0.6) is 0 Å². The van der Waals surface area contributed by atoms with Gasteiger partial charge < -0.3 is 4.90 Å². The van der Waals surface area contributed by atoms with E-state index in [9.17, 15) is 0 Å². The number of thiocarbonyl (C=S) groups is 1. The molecule has 1 aromatic heterocycles. The molecule has 0 unspecified atom stereocenters. The minimum absolute atomic E-state index is 0.782. The number of hydrogen-bond acceptors (Lipinski definition) is 4. The maximum atomic E-state index is 5.55. The molecule has 6 heteroatoms. The smallest absolute Gasteiger partial charge is 0.156 e. The van der Waals surface area contributed by atoms with Gasteiger partial charge >= 0.3 is 0 Å². The fourth-order valence-electron chi connectivity index (χ4n) is 2.49. The second-order valence-corrected chi connectivity index (χ2v) is 5.96. The topological polar surface area (TPSA) is 46.8 Å². The molecule has 0 aliphatic carbocycles. The maximum absolute atomic E-state index is 5.55. The van der Waals surface area contributed by atoms with Crippen molar-refractivity contribution in [2.24, 2.45) is 0 Å². The minimum Gasteiger partial charge on any atom is -0.339 e. The first-order chi connectivity index (χ1) is 11.8. The fraction of sp³-hybridized carbons (Fsp3) is 0.222. The molecular weight excluding hydrogens is 318 g/mol. The van der Waals surface area contributed by atoms with Crippen LogP contribution in [-0.4, -0.2) is 32.2 Å². The van der Waals surface area contributed by atoms with Crippen molar-refractivity contribution in [1.82, 2.24) is 20.2 Å². The average molecular weight is 337 g/mol. The van der Waals surface area contributed by atoms with Gasteiger partial charge in [-0.25, -0.2) is 0 Å². The van der Waals surface area contributed by atoms with Crippen LogP contribution in [0.2, 0.25) is 0 Å². The van der Waals surface area contributed by atoms with Gasteiger partial charge in [0.2, 0.25) is 0 Å². The van der Waals surface area contributed by atoms with Gasteiger partial charge in [-0.05, 0) is 47.5 Å². The van der Waals surface area contributed by atoms with Crippen LogP contribution in [0.15, 0.2) is 60.7 Å². The second-order valence-electron chi connectivity index (χ2n) is 5.48. The molecule has 0 spiro atoms. The molecule has 3 aromatic rings. The SMILES string of the molecule is CN(C(=S)CCCc1nnnn1-c1ccccc1)c1ccccc1. The quantitative estimate of drug-likeness (QED) is 0.645. The van der Waals surface area contributed by atoms with E-state index in [-0.39, 0.29) is 0 Å². The molecule has 0 fully saturated rings. The fourth-order valence-corrected chi connectivity index (χ4v) is 2.74. The molecule has 0 atom stereocenters.